The molecule has 6 heteroatoms. The second kappa shape index (κ2) is 12.1. The van der Waals surface area contributed by atoms with E-state index in [4.69, 9.17) is 16.3 Å². The van der Waals surface area contributed by atoms with Gasteiger partial charge in [-0.2, -0.15) is 0 Å². The van der Waals surface area contributed by atoms with Gasteiger partial charge in [-0.1, -0.05) is 70.5 Å². The van der Waals surface area contributed by atoms with Gasteiger partial charge in [0.1, 0.15) is 11.8 Å². The van der Waals surface area contributed by atoms with E-state index in [2.05, 4.69) is 26.1 Å². The standard InChI is InChI=1S/C27H37ClN2O3/c1-7-19(3)29-26(32)24(8-2)30(17-20-9-13-22(28)14-10-20)25(31)18-33-23-15-11-21(12-16-23)27(4,5)6/h9-16,19,24H,7-8,17-18H2,1-6H3,(H,29,32)/t19-,24+/m1/s1. The van der Waals surface area contributed by atoms with E-state index in [1.54, 1.807) is 17.0 Å². The molecule has 0 unspecified atom stereocenters. The van der Waals surface area contributed by atoms with Crippen LogP contribution >= 0.6 is 11.6 Å². The maximum atomic E-state index is 13.3. The number of amides is 2. The average Bonchev–Trinajstić information content (AvgIpc) is 2.78. The monoisotopic (exact) mass is 472 g/mol. The van der Waals surface area contributed by atoms with Crippen molar-refractivity contribution >= 4 is 23.4 Å². The van der Waals surface area contributed by atoms with Gasteiger partial charge in [0.15, 0.2) is 6.61 Å². The molecule has 2 aromatic rings. The Balaban J connectivity index is 2.19. The maximum Gasteiger partial charge on any atom is 0.261 e. The minimum Gasteiger partial charge on any atom is -0.484 e. The van der Waals surface area contributed by atoms with Crippen molar-refractivity contribution in [3.63, 3.8) is 0 Å². The van der Waals surface area contributed by atoms with Gasteiger partial charge in [-0.15, -0.1) is 0 Å². The number of halogens is 1. The van der Waals surface area contributed by atoms with Crippen LogP contribution in [0.15, 0.2) is 48.5 Å². The van der Waals surface area contributed by atoms with Gasteiger partial charge in [-0.3, -0.25) is 9.59 Å². The molecule has 2 amide bonds. The van der Waals surface area contributed by atoms with Crippen LogP contribution in [0.3, 0.4) is 0 Å². The first-order valence-corrected chi connectivity index (χ1v) is 12.0. The SMILES string of the molecule is CC[C@@H](C)NC(=O)[C@H](CC)N(Cc1ccc(Cl)cc1)C(=O)COc1ccc(C(C)(C)C)cc1. The Morgan fingerprint density at radius 1 is 1.00 bits per heavy atom. The highest BCUT2D eigenvalue weighted by Gasteiger charge is 2.29. The summed E-state index contributed by atoms with van der Waals surface area (Å²) in [4.78, 5) is 27.8. The molecule has 2 atom stereocenters. The molecule has 0 fully saturated rings. The Hall–Kier alpha value is -2.53. The van der Waals surface area contributed by atoms with Crippen LogP contribution in [0.1, 0.15) is 65.5 Å². The van der Waals surface area contributed by atoms with Crippen LogP contribution in [0.4, 0.5) is 0 Å². The highest BCUT2D eigenvalue weighted by atomic mass is 35.5. The average molecular weight is 473 g/mol. The summed E-state index contributed by atoms with van der Waals surface area (Å²) in [6, 6.07) is 14.5. The second-order valence-electron chi connectivity index (χ2n) is 9.45. The van der Waals surface area contributed by atoms with Crippen molar-refractivity contribution in [2.75, 3.05) is 6.61 Å². The largest absolute Gasteiger partial charge is 0.484 e. The molecule has 1 N–H and O–H groups in total. The molecule has 180 valence electrons. The van der Waals surface area contributed by atoms with Crippen LogP contribution < -0.4 is 10.1 Å². The van der Waals surface area contributed by atoms with E-state index in [-0.39, 0.29) is 29.9 Å². The molecule has 0 radical (unpaired) electrons. The zero-order valence-electron chi connectivity index (χ0n) is 20.7. The van der Waals surface area contributed by atoms with Crippen LogP contribution in [0.25, 0.3) is 0 Å². The van der Waals surface area contributed by atoms with E-state index in [1.165, 1.54) is 5.56 Å². The van der Waals surface area contributed by atoms with Gasteiger partial charge in [0.25, 0.3) is 5.91 Å². The van der Waals surface area contributed by atoms with Gasteiger partial charge in [-0.25, -0.2) is 0 Å². The summed E-state index contributed by atoms with van der Waals surface area (Å²) >= 11 is 6.02. The molecule has 0 spiro atoms. The summed E-state index contributed by atoms with van der Waals surface area (Å²) in [5, 5.41) is 3.64. The van der Waals surface area contributed by atoms with Crippen molar-refractivity contribution in [1.82, 2.24) is 10.2 Å². The molecule has 0 heterocycles. The number of ether oxygens (including phenoxy) is 1. The number of benzene rings is 2. The lowest BCUT2D eigenvalue weighted by atomic mass is 9.87. The lowest BCUT2D eigenvalue weighted by molar-refractivity contribution is -0.143. The first kappa shape index (κ1) is 26.7. The first-order chi connectivity index (χ1) is 15.5. The molecule has 0 aliphatic carbocycles. The lowest BCUT2D eigenvalue weighted by Gasteiger charge is -2.31. The fourth-order valence-corrected chi connectivity index (χ4v) is 3.55. The van der Waals surface area contributed by atoms with E-state index in [1.807, 2.05) is 57.2 Å². The molecule has 0 saturated heterocycles. The van der Waals surface area contributed by atoms with Crippen LogP contribution in [0.2, 0.25) is 5.02 Å². The van der Waals surface area contributed by atoms with Gasteiger partial charge in [0, 0.05) is 17.6 Å². The predicted octanol–water partition coefficient (Wildman–Crippen LogP) is 5.74. The first-order valence-electron chi connectivity index (χ1n) is 11.6. The summed E-state index contributed by atoms with van der Waals surface area (Å²) in [6.07, 6.45) is 1.32. The van der Waals surface area contributed by atoms with Gasteiger partial charge in [0.2, 0.25) is 5.91 Å². The van der Waals surface area contributed by atoms with E-state index in [9.17, 15) is 9.59 Å². The highest BCUT2D eigenvalue weighted by Crippen LogP contribution is 2.24. The predicted molar refractivity (Wildman–Crippen MR) is 135 cm³/mol. The molecule has 2 aromatic carbocycles. The maximum absolute atomic E-state index is 13.3. The molecule has 0 saturated carbocycles. The van der Waals surface area contributed by atoms with Crippen molar-refractivity contribution < 1.29 is 14.3 Å². The van der Waals surface area contributed by atoms with Crippen molar-refractivity contribution in [1.29, 1.82) is 0 Å². The zero-order valence-corrected chi connectivity index (χ0v) is 21.4. The fraction of sp³-hybridized carbons (Fsp3) is 0.481. The molecule has 5 nitrogen and oxygen atoms in total. The minimum atomic E-state index is -0.589. The van der Waals surface area contributed by atoms with Crippen molar-refractivity contribution in [2.24, 2.45) is 0 Å². The number of carbonyl (C=O) groups is 2. The van der Waals surface area contributed by atoms with Gasteiger partial charge < -0.3 is 15.0 Å². The van der Waals surface area contributed by atoms with Crippen LogP contribution in [0.5, 0.6) is 5.75 Å². The van der Waals surface area contributed by atoms with Crippen molar-refractivity contribution in [3.05, 3.63) is 64.7 Å². The third-order valence-corrected chi connectivity index (χ3v) is 5.99. The highest BCUT2D eigenvalue weighted by molar-refractivity contribution is 6.30. The van der Waals surface area contributed by atoms with E-state index < -0.39 is 6.04 Å². The van der Waals surface area contributed by atoms with E-state index in [0.717, 1.165) is 12.0 Å². The smallest absolute Gasteiger partial charge is 0.261 e. The third kappa shape index (κ3) is 8.08. The van der Waals surface area contributed by atoms with Gasteiger partial charge in [-0.05, 0) is 60.6 Å². The summed E-state index contributed by atoms with van der Waals surface area (Å²) in [6.45, 7) is 12.5. The number of nitrogens with zero attached hydrogens (tertiary/aromatic N) is 1. The molecular weight excluding hydrogens is 436 g/mol. The quantitative estimate of drug-likeness (QED) is 0.479. The number of rotatable bonds is 10. The normalized spacial score (nSPS) is 13.2. The Kier molecular flexibility index (Phi) is 9.78. The van der Waals surface area contributed by atoms with Gasteiger partial charge >= 0.3 is 0 Å². The summed E-state index contributed by atoms with van der Waals surface area (Å²) in [5.41, 5.74) is 2.14. The Bertz CT molecular complexity index is 904. The number of nitrogens with one attached hydrogen (secondary N) is 1. The Morgan fingerprint density at radius 3 is 2.12 bits per heavy atom. The molecule has 0 aliphatic heterocycles. The molecule has 0 bridgehead atoms. The van der Waals surface area contributed by atoms with E-state index >= 15 is 0 Å². The topological polar surface area (TPSA) is 58.6 Å². The third-order valence-electron chi connectivity index (χ3n) is 5.74. The molecule has 2 rings (SSSR count). The Morgan fingerprint density at radius 2 is 1.61 bits per heavy atom. The lowest BCUT2D eigenvalue weighted by Crippen LogP contribution is -2.51. The van der Waals surface area contributed by atoms with Gasteiger partial charge in [0.05, 0.1) is 0 Å². The molecule has 0 aliphatic rings. The second-order valence-corrected chi connectivity index (χ2v) is 9.89. The number of hydrogen-bond acceptors (Lipinski definition) is 3. The minimum absolute atomic E-state index is 0.0385. The van der Waals surface area contributed by atoms with Crippen LogP contribution in [-0.2, 0) is 21.5 Å². The van der Waals surface area contributed by atoms with Crippen LogP contribution in [-0.4, -0.2) is 35.4 Å². The van der Waals surface area contributed by atoms with Crippen molar-refractivity contribution in [2.45, 2.75) is 78.4 Å². The number of hydrogen-bond donors (Lipinski definition) is 1. The zero-order chi connectivity index (χ0) is 24.6. The molecule has 0 aromatic heterocycles. The molecule has 33 heavy (non-hydrogen) atoms. The number of carbonyl (C=O) groups excluding carboxylic acids is 2. The van der Waals surface area contributed by atoms with Crippen molar-refractivity contribution in [3.8, 4) is 5.75 Å². The fourth-order valence-electron chi connectivity index (χ4n) is 3.43. The van der Waals surface area contributed by atoms with Crippen LogP contribution in [0, 0.1) is 0 Å². The van der Waals surface area contributed by atoms with E-state index in [0.29, 0.717) is 23.7 Å². The summed E-state index contributed by atoms with van der Waals surface area (Å²) in [7, 11) is 0. The summed E-state index contributed by atoms with van der Waals surface area (Å²) in [5.74, 6) is 0.236. The summed E-state index contributed by atoms with van der Waals surface area (Å²) < 4.78 is 5.81. The molecular formula is C27H37ClN2O3. The Labute approximate surface area is 203 Å².